The molecule has 1 heterocycles. The van der Waals surface area contributed by atoms with Crippen LogP contribution in [0.25, 0.3) is 0 Å². The molecule has 1 aromatic carbocycles. The van der Waals surface area contributed by atoms with E-state index in [9.17, 15) is 14.7 Å². The fourth-order valence-corrected chi connectivity index (χ4v) is 2.69. The van der Waals surface area contributed by atoms with Crippen LogP contribution >= 0.6 is 0 Å². The molecule has 0 saturated carbocycles. The smallest absolute Gasteiger partial charge is 0.335 e. The van der Waals surface area contributed by atoms with E-state index in [1.165, 1.54) is 0 Å². The summed E-state index contributed by atoms with van der Waals surface area (Å²) < 4.78 is 0. The topological polar surface area (TPSA) is 77.8 Å². The van der Waals surface area contributed by atoms with Gasteiger partial charge in [-0.05, 0) is 5.56 Å². The van der Waals surface area contributed by atoms with Crippen LogP contribution < -0.4 is 0 Å². The Morgan fingerprint density at radius 1 is 1.27 bits per heavy atom. The summed E-state index contributed by atoms with van der Waals surface area (Å²) in [6.07, 6.45) is 2.19. The first-order valence-electron chi connectivity index (χ1n) is 7.37. The molecule has 2 N–H and O–H groups in total. The summed E-state index contributed by atoms with van der Waals surface area (Å²) in [7, 11) is 0. The van der Waals surface area contributed by atoms with Crippen LogP contribution in [0.15, 0.2) is 43.0 Å². The van der Waals surface area contributed by atoms with Crippen LogP contribution in [0.4, 0.5) is 0 Å². The van der Waals surface area contributed by atoms with E-state index >= 15 is 0 Å². The number of hydrogen-bond donors (Lipinski definition) is 2. The van der Waals surface area contributed by atoms with Crippen LogP contribution in [0.1, 0.15) is 30.7 Å². The number of rotatable bonds is 5. The second-order valence-electron chi connectivity index (χ2n) is 5.67. The average Bonchev–Trinajstić information content (AvgIpc) is 2.53. The fraction of sp³-hybridized carbons (Fsp3) is 0.412. The van der Waals surface area contributed by atoms with Crippen LogP contribution in [0.3, 0.4) is 0 Å². The number of carbonyl (C=O) groups is 2. The number of benzene rings is 1. The lowest BCUT2D eigenvalue weighted by Crippen LogP contribution is -2.51. The summed E-state index contributed by atoms with van der Waals surface area (Å²) in [4.78, 5) is 25.0. The van der Waals surface area contributed by atoms with Crippen LogP contribution in [0.2, 0.25) is 0 Å². The van der Waals surface area contributed by atoms with Gasteiger partial charge >= 0.3 is 5.97 Å². The first kappa shape index (κ1) is 16.2. The van der Waals surface area contributed by atoms with E-state index in [4.69, 9.17) is 5.11 Å². The van der Waals surface area contributed by atoms with Crippen molar-refractivity contribution in [3.63, 3.8) is 0 Å². The molecule has 1 aromatic rings. The van der Waals surface area contributed by atoms with Crippen LogP contribution in [0, 0.1) is 0 Å². The van der Waals surface area contributed by atoms with Crippen molar-refractivity contribution < 1.29 is 19.8 Å². The minimum absolute atomic E-state index is 0.0406. The minimum atomic E-state index is -1.70. The number of carboxylic acids is 1. The standard InChI is InChI=1S/C17H21NO4/c1-2-13(14-6-4-3-5-7-14)12-15(19)18-10-8-17(22,9-11-18)16(20)21/h2-7,13,22H,1,8-12H2,(H,20,21). The van der Waals surface area contributed by atoms with Crippen molar-refractivity contribution in [2.24, 2.45) is 0 Å². The van der Waals surface area contributed by atoms with E-state index in [-0.39, 0.29) is 37.8 Å². The third-order valence-corrected chi connectivity index (χ3v) is 4.25. The fourth-order valence-electron chi connectivity index (χ4n) is 2.69. The van der Waals surface area contributed by atoms with Gasteiger partial charge in [0.15, 0.2) is 5.60 Å². The summed E-state index contributed by atoms with van der Waals surface area (Å²) in [5.74, 6) is -1.32. The van der Waals surface area contributed by atoms with Gasteiger partial charge < -0.3 is 15.1 Å². The van der Waals surface area contributed by atoms with Gasteiger partial charge in [0.25, 0.3) is 0 Å². The van der Waals surface area contributed by atoms with Gasteiger partial charge in [0.05, 0.1) is 0 Å². The van der Waals surface area contributed by atoms with E-state index in [0.29, 0.717) is 6.42 Å². The molecule has 0 aliphatic carbocycles. The van der Waals surface area contributed by atoms with Crippen molar-refractivity contribution in [2.45, 2.75) is 30.8 Å². The number of piperidine rings is 1. The van der Waals surface area contributed by atoms with Gasteiger partial charge in [-0.15, -0.1) is 6.58 Å². The number of carbonyl (C=O) groups excluding carboxylic acids is 1. The molecular weight excluding hydrogens is 282 g/mol. The highest BCUT2D eigenvalue weighted by Crippen LogP contribution is 2.26. The zero-order valence-electron chi connectivity index (χ0n) is 12.4. The molecule has 5 nitrogen and oxygen atoms in total. The molecule has 1 fully saturated rings. The molecular formula is C17H21NO4. The molecule has 0 bridgehead atoms. The summed E-state index contributed by atoms with van der Waals surface area (Å²) in [5.41, 5.74) is -0.668. The maximum absolute atomic E-state index is 12.4. The van der Waals surface area contributed by atoms with Crippen molar-refractivity contribution >= 4 is 11.9 Å². The zero-order chi connectivity index (χ0) is 16.2. The number of hydrogen-bond acceptors (Lipinski definition) is 3. The normalized spacial score (nSPS) is 18.5. The largest absolute Gasteiger partial charge is 0.479 e. The Labute approximate surface area is 129 Å². The number of allylic oxidation sites excluding steroid dienone is 1. The van der Waals surface area contributed by atoms with Crippen molar-refractivity contribution in [1.82, 2.24) is 4.90 Å². The summed E-state index contributed by atoms with van der Waals surface area (Å²) in [6.45, 7) is 4.32. The van der Waals surface area contributed by atoms with Crippen molar-refractivity contribution in [3.8, 4) is 0 Å². The Morgan fingerprint density at radius 3 is 2.36 bits per heavy atom. The summed E-state index contributed by atoms with van der Waals surface area (Å²) in [6, 6.07) is 9.68. The Kier molecular flexibility index (Phi) is 4.98. The molecule has 2 rings (SSSR count). The highest BCUT2D eigenvalue weighted by Gasteiger charge is 2.40. The molecule has 1 aliphatic heterocycles. The Hall–Kier alpha value is -2.14. The van der Waals surface area contributed by atoms with E-state index < -0.39 is 11.6 Å². The van der Waals surface area contributed by atoms with Gasteiger partial charge in [0.1, 0.15) is 0 Å². The van der Waals surface area contributed by atoms with Crippen LogP contribution in [-0.4, -0.2) is 45.7 Å². The molecule has 0 radical (unpaired) electrons. The van der Waals surface area contributed by atoms with Gasteiger partial charge in [0.2, 0.25) is 5.91 Å². The van der Waals surface area contributed by atoms with E-state index in [1.54, 1.807) is 11.0 Å². The Balaban J connectivity index is 1.96. The van der Waals surface area contributed by atoms with Crippen molar-refractivity contribution in [1.29, 1.82) is 0 Å². The molecule has 1 aliphatic rings. The lowest BCUT2D eigenvalue weighted by atomic mass is 9.90. The van der Waals surface area contributed by atoms with Crippen molar-refractivity contribution in [3.05, 3.63) is 48.6 Å². The molecule has 0 spiro atoms. The van der Waals surface area contributed by atoms with Gasteiger partial charge in [-0.25, -0.2) is 4.79 Å². The van der Waals surface area contributed by atoms with Gasteiger partial charge in [-0.3, -0.25) is 4.79 Å². The molecule has 1 amide bonds. The molecule has 1 unspecified atom stereocenters. The summed E-state index contributed by atoms with van der Waals surface area (Å²) >= 11 is 0. The molecule has 22 heavy (non-hydrogen) atoms. The molecule has 1 saturated heterocycles. The van der Waals surface area contributed by atoms with E-state index in [0.717, 1.165) is 5.56 Å². The number of aliphatic hydroxyl groups is 1. The van der Waals surface area contributed by atoms with Gasteiger partial charge in [0, 0.05) is 38.3 Å². The lowest BCUT2D eigenvalue weighted by Gasteiger charge is -2.35. The summed E-state index contributed by atoms with van der Waals surface area (Å²) in [5, 5.41) is 18.9. The quantitative estimate of drug-likeness (QED) is 0.813. The first-order valence-corrected chi connectivity index (χ1v) is 7.37. The highest BCUT2D eigenvalue weighted by molar-refractivity contribution is 5.80. The number of nitrogens with zero attached hydrogens (tertiary/aromatic N) is 1. The van der Waals surface area contributed by atoms with E-state index in [1.807, 2.05) is 30.3 Å². The third-order valence-electron chi connectivity index (χ3n) is 4.25. The Morgan fingerprint density at radius 2 is 1.86 bits per heavy atom. The van der Waals surface area contributed by atoms with Crippen LogP contribution in [0.5, 0.6) is 0 Å². The van der Waals surface area contributed by atoms with Gasteiger partial charge in [-0.1, -0.05) is 36.4 Å². The first-order chi connectivity index (χ1) is 10.5. The van der Waals surface area contributed by atoms with E-state index in [2.05, 4.69) is 6.58 Å². The SMILES string of the molecule is C=CC(CC(=O)N1CCC(O)(C(=O)O)CC1)c1ccccc1. The zero-order valence-corrected chi connectivity index (χ0v) is 12.4. The minimum Gasteiger partial charge on any atom is -0.479 e. The van der Waals surface area contributed by atoms with Gasteiger partial charge in [-0.2, -0.15) is 0 Å². The molecule has 5 heteroatoms. The molecule has 118 valence electrons. The maximum Gasteiger partial charge on any atom is 0.335 e. The lowest BCUT2D eigenvalue weighted by molar-refractivity contribution is -0.165. The number of amides is 1. The maximum atomic E-state index is 12.4. The van der Waals surface area contributed by atoms with Crippen molar-refractivity contribution in [2.75, 3.05) is 13.1 Å². The molecule has 0 aromatic heterocycles. The molecule has 1 atom stereocenters. The second kappa shape index (κ2) is 6.75. The predicted molar refractivity (Wildman–Crippen MR) is 82.4 cm³/mol. The predicted octanol–water partition coefficient (Wildman–Crippen LogP) is 1.78. The average molecular weight is 303 g/mol. The second-order valence-corrected chi connectivity index (χ2v) is 5.67. The monoisotopic (exact) mass is 303 g/mol. The Bertz CT molecular complexity index is 547. The number of aliphatic carboxylic acids is 1. The van der Waals surface area contributed by atoms with Crippen LogP contribution in [-0.2, 0) is 9.59 Å². The number of likely N-dealkylation sites (tertiary alicyclic amines) is 1. The highest BCUT2D eigenvalue weighted by atomic mass is 16.4. The number of carboxylic acid groups (broad SMARTS) is 1. The third kappa shape index (κ3) is 3.54.